The summed E-state index contributed by atoms with van der Waals surface area (Å²) < 4.78 is 8.55. The topological polar surface area (TPSA) is 71.9 Å². The van der Waals surface area contributed by atoms with Crippen molar-refractivity contribution in [3.63, 3.8) is 0 Å². The van der Waals surface area contributed by atoms with Gasteiger partial charge in [-0.2, -0.15) is 0 Å². The summed E-state index contributed by atoms with van der Waals surface area (Å²) in [6.45, 7) is 1.73. The minimum Gasteiger partial charge on any atom is -0.491 e. The average molecular weight is 491 g/mol. The summed E-state index contributed by atoms with van der Waals surface area (Å²) in [5, 5.41) is 4.32. The second-order valence-electron chi connectivity index (χ2n) is 10.2. The second-order valence-corrected chi connectivity index (χ2v) is 10.2. The highest BCUT2D eigenvalue weighted by molar-refractivity contribution is 6.01. The van der Waals surface area contributed by atoms with Crippen molar-refractivity contribution < 1.29 is 9.53 Å². The molecule has 2 N–H and O–H groups in total. The van der Waals surface area contributed by atoms with Gasteiger partial charge in [-0.25, -0.2) is 4.98 Å². The molecular formula is C31H30N4O2. The van der Waals surface area contributed by atoms with Crippen LogP contribution in [0.15, 0.2) is 66.7 Å². The third kappa shape index (κ3) is 3.88. The fourth-order valence-corrected chi connectivity index (χ4v) is 6.24. The Morgan fingerprint density at radius 3 is 2.76 bits per heavy atom. The van der Waals surface area contributed by atoms with Crippen molar-refractivity contribution in [3.05, 3.63) is 83.7 Å². The minimum absolute atomic E-state index is 0.0950. The lowest BCUT2D eigenvalue weighted by Gasteiger charge is -2.23. The fraction of sp³-hybridized carbons (Fsp3) is 0.290. The molecule has 0 saturated heterocycles. The van der Waals surface area contributed by atoms with Crippen LogP contribution >= 0.6 is 0 Å². The first-order valence-electron chi connectivity index (χ1n) is 13.4. The zero-order valence-electron chi connectivity index (χ0n) is 20.8. The van der Waals surface area contributed by atoms with Gasteiger partial charge in [0.25, 0.3) is 5.91 Å². The number of carbonyl (C=O) groups excluding carboxylic acids is 1. The molecule has 2 aromatic heterocycles. The van der Waals surface area contributed by atoms with Gasteiger partial charge in [0.2, 0.25) is 0 Å². The molecule has 1 amide bonds. The number of amides is 1. The first-order chi connectivity index (χ1) is 18.3. The van der Waals surface area contributed by atoms with Crippen LogP contribution in [0.25, 0.3) is 33.2 Å². The Balaban J connectivity index is 1.28. The predicted molar refractivity (Wildman–Crippen MR) is 146 cm³/mol. The second kappa shape index (κ2) is 9.11. The molecule has 0 bridgehead atoms. The molecule has 5 aromatic rings. The van der Waals surface area contributed by atoms with E-state index < -0.39 is 0 Å². The summed E-state index contributed by atoms with van der Waals surface area (Å²) in [5.41, 5.74) is 7.53. The van der Waals surface area contributed by atoms with Gasteiger partial charge >= 0.3 is 0 Å². The number of aromatic amines is 1. The Morgan fingerprint density at radius 1 is 1.03 bits per heavy atom. The number of nitrogens with one attached hydrogen (secondary N) is 2. The molecular weight excluding hydrogens is 460 g/mol. The lowest BCUT2D eigenvalue weighted by Crippen LogP contribution is -2.23. The molecule has 7 rings (SSSR count). The number of aromatic nitrogens is 3. The minimum atomic E-state index is -0.0950. The lowest BCUT2D eigenvalue weighted by molar-refractivity contribution is 0.0950. The van der Waals surface area contributed by atoms with E-state index in [1.807, 2.05) is 36.4 Å². The van der Waals surface area contributed by atoms with Crippen LogP contribution in [0.3, 0.4) is 0 Å². The molecule has 3 heterocycles. The molecule has 1 aliphatic heterocycles. The normalized spacial score (nSPS) is 15.7. The monoisotopic (exact) mass is 490 g/mol. The molecule has 0 radical (unpaired) electrons. The number of nitrogens with zero attached hydrogens (tertiary/aromatic N) is 2. The van der Waals surface area contributed by atoms with Crippen LogP contribution in [-0.2, 0) is 13.1 Å². The van der Waals surface area contributed by atoms with Crippen molar-refractivity contribution in [2.24, 2.45) is 0 Å². The standard InChI is InChI=1S/C31H30N4O2/c36-31(32-19-28-33-24-11-5-6-12-25(24)34-28)21-14-15-22-26(18-21)35-16-17-37-27-13-7-4-10-23(27)30(35)29(22)20-8-2-1-3-9-20/h4-7,10-15,18,20H,1-3,8-9,16-17,19H2,(H,32,36)(H,33,34). The van der Waals surface area contributed by atoms with E-state index in [1.165, 1.54) is 48.7 Å². The number of H-pyrrole nitrogens is 1. The van der Waals surface area contributed by atoms with E-state index in [2.05, 4.69) is 50.2 Å². The van der Waals surface area contributed by atoms with E-state index >= 15 is 0 Å². The number of benzene rings is 3. The van der Waals surface area contributed by atoms with Gasteiger partial charge < -0.3 is 19.6 Å². The summed E-state index contributed by atoms with van der Waals surface area (Å²) >= 11 is 0. The van der Waals surface area contributed by atoms with Gasteiger partial charge in [0.05, 0.1) is 29.8 Å². The first kappa shape index (κ1) is 22.2. The van der Waals surface area contributed by atoms with Gasteiger partial charge in [0.15, 0.2) is 0 Å². The van der Waals surface area contributed by atoms with Gasteiger partial charge in [0.1, 0.15) is 18.2 Å². The molecule has 6 heteroatoms. The van der Waals surface area contributed by atoms with Gasteiger partial charge in [-0.05, 0) is 60.7 Å². The van der Waals surface area contributed by atoms with Gasteiger partial charge in [-0.15, -0.1) is 0 Å². The Kier molecular flexibility index (Phi) is 5.46. The molecule has 37 heavy (non-hydrogen) atoms. The van der Waals surface area contributed by atoms with Crippen molar-refractivity contribution in [2.45, 2.75) is 51.1 Å². The zero-order valence-corrected chi connectivity index (χ0v) is 20.8. The van der Waals surface area contributed by atoms with Crippen LogP contribution in [0, 0.1) is 0 Å². The number of imidazole rings is 1. The molecule has 1 aliphatic carbocycles. The first-order valence-corrected chi connectivity index (χ1v) is 13.4. The van der Waals surface area contributed by atoms with E-state index in [0.717, 1.165) is 40.2 Å². The van der Waals surface area contributed by atoms with Crippen LogP contribution in [0.1, 0.15) is 59.8 Å². The maximum absolute atomic E-state index is 13.2. The van der Waals surface area contributed by atoms with Gasteiger partial charge in [0, 0.05) is 22.0 Å². The lowest BCUT2D eigenvalue weighted by atomic mass is 9.81. The smallest absolute Gasteiger partial charge is 0.251 e. The van der Waals surface area contributed by atoms with Crippen LogP contribution in [0.4, 0.5) is 0 Å². The van der Waals surface area contributed by atoms with E-state index in [1.54, 1.807) is 0 Å². The van der Waals surface area contributed by atoms with E-state index in [-0.39, 0.29) is 5.91 Å². The molecule has 1 saturated carbocycles. The quantitative estimate of drug-likeness (QED) is 0.300. The highest BCUT2D eigenvalue weighted by Gasteiger charge is 2.29. The van der Waals surface area contributed by atoms with Crippen molar-refractivity contribution >= 4 is 27.8 Å². The van der Waals surface area contributed by atoms with Gasteiger partial charge in [-0.3, -0.25) is 4.79 Å². The SMILES string of the molecule is O=C(NCc1nc2ccccc2[nH]1)c1ccc2c(C3CCCCC3)c3n(c2c1)CCOc1ccccc1-3. The third-order valence-electron chi connectivity index (χ3n) is 7.95. The van der Waals surface area contributed by atoms with Crippen LogP contribution in [-0.4, -0.2) is 27.0 Å². The number of fused-ring (bicyclic) bond motifs is 6. The third-order valence-corrected chi connectivity index (χ3v) is 7.95. The summed E-state index contributed by atoms with van der Waals surface area (Å²) in [4.78, 5) is 21.1. The Hall–Kier alpha value is -4.06. The summed E-state index contributed by atoms with van der Waals surface area (Å²) in [5.74, 6) is 2.14. The Morgan fingerprint density at radius 2 is 1.86 bits per heavy atom. The van der Waals surface area contributed by atoms with Crippen molar-refractivity contribution in [1.82, 2.24) is 19.9 Å². The molecule has 0 spiro atoms. The molecule has 0 unspecified atom stereocenters. The summed E-state index contributed by atoms with van der Waals surface area (Å²) in [6, 6.07) is 22.5. The van der Waals surface area contributed by atoms with Crippen molar-refractivity contribution in [2.75, 3.05) is 6.61 Å². The molecule has 186 valence electrons. The van der Waals surface area contributed by atoms with Crippen molar-refractivity contribution in [1.29, 1.82) is 0 Å². The largest absolute Gasteiger partial charge is 0.491 e. The Labute approximate surface area is 215 Å². The number of para-hydroxylation sites is 3. The van der Waals surface area contributed by atoms with E-state index in [0.29, 0.717) is 24.6 Å². The van der Waals surface area contributed by atoms with Crippen LogP contribution in [0.2, 0.25) is 0 Å². The molecule has 2 aliphatic rings. The summed E-state index contributed by atoms with van der Waals surface area (Å²) in [7, 11) is 0. The molecule has 0 atom stereocenters. The maximum atomic E-state index is 13.2. The highest BCUT2D eigenvalue weighted by Crippen LogP contribution is 2.47. The molecule has 6 nitrogen and oxygen atoms in total. The predicted octanol–water partition coefficient (Wildman–Crippen LogP) is 6.55. The number of hydrogen-bond donors (Lipinski definition) is 2. The average Bonchev–Trinajstić information content (AvgIpc) is 3.44. The van der Waals surface area contributed by atoms with Gasteiger partial charge in [-0.1, -0.05) is 49.6 Å². The highest BCUT2D eigenvalue weighted by atomic mass is 16.5. The Bertz CT molecular complexity index is 1590. The molecule has 1 fully saturated rings. The van der Waals surface area contributed by atoms with Crippen LogP contribution in [0.5, 0.6) is 5.75 Å². The number of hydrogen-bond acceptors (Lipinski definition) is 3. The summed E-state index contributed by atoms with van der Waals surface area (Å²) in [6.07, 6.45) is 6.30. The number of rotatable bonds is 4. The van der Waals surface area contributed by atoms with E-state index in [4.69, 9.17) is 4.74 Å². The number of ether oxygens (including phenoxy) is 1. The van der Waals surface area contributed by atoms with E-state index in [9.17, 15) is 4.79 Å². The number of carbonyl (C=O) groups is 1. The fourth-order valence-electron chi connectivity index (χ4n) is 6.24. The maximum Gasteiger partial charge on any atom is 0.251 e. The van der Waals surface area contributed by atoms with Crippen molar-refractivity contribution in [3.8, 4) is 17.0 Å². The zero-order chi connectivity index (χ0) is 24.8. The molecule has 3 aromatic carbocycles. The van der Waals surface area contributed by atoms with Crippen LogP contribution < -0.4 is 10.1 Å².